The lowest BCUT2D eigenvalue weighted by Gasteiger charge is -2.37. The van der Waals surface area contributed by atoms with Gasteiger partial charge < -0.3 is 9.64 Å². The smallest absolute Gasteiger partial charge is 0.148 e. The third-order valence-electron chi connectivity index (χ3n) is 4.83. The van der Waals surface area contributed by atoms with E-state index in [-0.39, 0.29) is 0 Å². The van der Waals surface area contributed by atoms with Crippen LogP contribution in [0.4, 0.5) is 0 Å². The van der Waals surface area contributed by atoms with Gasteiger partial charge in [-0.05, 0) is 58.7 Å². The number of sulfone groups is 1. The minimum absolute atomic E-state index is 0.293. The summed E-state index contributed by atoms with van der Waals surface area (Å²) in [4.78, 5) is 4.84. The molecule has 0 aliphatic carbocycles. The first-order chi connectivity index (χ1) is 10.3. The van der Waals surface area contributed by atoms with Crippen molar-refractivity contribution in [2.45, 2.75) is 45.3 Å². The van der Waals surface area contributed by atoms with Crippen molar-refractivity contribution >= 4 is 9.84 Å². The highest BCUT2D eigenvalue weighted by molar-refractivity contribution is 7.90. The molecule has 0 aromatic rings. The van der Waals surface area contributed by atoms with E-state index in [2.05, 4.69) is 23.6 Å². The molecule has 5 nitrogen and oxygen atoms in total. The van der Waals surface area contributed by atoms with Crippen LogP contribution in [0.5, 0.6) is 0 Å². The van der Waals surface area contributed by atoms with E-state index in [1.807, 2.05) is 0 Å². The molecule has 0 aromatic heterocycles. The third kappa shape index (κ3) is 6.52. The second-order valence-electron chi connectivity index (χ2n) is 7.22. The quantitative estimate of drug-likeness (QED) is 0.732. The summed E-state index contributed by atoms with van der Waals surface area (Å²) in [6, 6.07) is 0. The van der Waals surface area contributed by atoms with Crippen molar-refractivity contribution in [2.24, 2.45) is 5.92 Å². The second-order valence-corrected chi connectivity index (χ2v) is 9.48. The summed E-state index contributed by atoms with van der Waals surface area (Å²) in [6.45, 7) is 10.4. The molecule has 22 heavy (non-hydrogen) atoms. The van der Waals surface area contributed by atoms with Gasteiger partial charge in [0.15, 0.2) is 0 Å². The summed E-state index contributed by atoms with van der Waals surface area (Å²) in [5.41, 5.74) is 0. The Morgan fingerprint density at radius 2 is 1.59 bits per heavy atom. The maximum Gasteiger partial charge on any atom is 0.148 e. The summed E-state index contributed by atoms with van der Waals surface area (Å²) in [7, 11) is -2.83. The van der Waals surface area contributed by atoms with Gasteiger partial charge in [0, 0.05) is 25.9 Å². The van der Waals surface area contributed by atoms with Crippen molar-refractivity contribution < 1.29 is 13.2 Å². The van der Waals surface area contributed by atoms with E-state index in [9.17, 15) is 8.42 Å². The Morgan fingerprint density at radius 1 is 1.00 bits per heavy atom. The molecule has 0 saturated carbocycles. The maximum absolute atomic E-state index is 11.2. The molecule has 0 amide bonds. The summed E-state index contributed by atoms with van der Waals surface area (Å²) in [5, 5.41) is 0. The maximum atomic E-state index is 11.2. The van der Waals surface area contributed by atoms with E-state index in [0.29, 0.717) is 24.5 Å². The van der Waals surface area contributed by atoms with Crippen LogP contribution < -0.4 is 0 Å². The van der Waals surface area contributed by atoms with E-state index >= 15 is 0 Å². The first kappa shape index (κ1) is 18.2. The van der Waals surface area contributed by atoms with E-state index in [1.54, 1.807) is 0 Å². The Kier molecular flexibility index (Phi) is 6.68. The number of hydrogen-bond donors (Lipinski definition) is 0. The van der Waals surface area contributed by atoms with Crippen LogP contribution >= 0.6 is 0 Å². The van der Waals surface area contributed by atoms with Gasteiger partial charge in [0.1, 0.15) is 9.84 Å². The highest BCUT2D eigenvalue weighted by atomic mass is 32.2. The van der Waals surface area contributed by atoms with E-state index in [1.165, 1.54) is 32.1 Å². The monoisotopic (exact) mass is 332 g/mol. The van der Waals surface area contributed by atoms with Gasteiger partial charge in [0.05, 0.1) is 18.0 Å². The first-order valence-corrected chi connectivity index (χ1v) is 10.7. The van der Waals surface area contributed by atoms with Gasteiger partial charge in [-0.2, -0.15) is 0 Å². The van der Waals surface area contributed by atoms with Gasteiger partial charge >= 0.3 is 0 Å². The Balaban J connectivity index is 1.63. The molecule has 2 rings (SSSR count). The highest BCUT2D eigenvalue weighted by Crippen LogP contribution is 2.21. The predicted molar refractivity (Wildman–Crippen MR) is 89.9 cm³/mol. The number of rotatable bonds is 6. The van der Waals surface area contributed by atoms with Crippen molar-refractivity contribution in [1.29, 1.82) is 0 Å². The fourth-order valence-corrected chi connectivity index (χ4v) is 4.22. The van der Waals surface area contributed by atoms with Crippen LogP contribution in [0.25, 0.3) is 0 Å². The molecule has 0 spiro atoms. The number of morpholine rings is 1. The zero-order chi connectivity index (χ0) is 16.2. The average molecular weight is 333 g/mol. The highest BCUT2D eigenvalue weighted by Gasteiger charge is 2.24. The molecule has 2 aliphatic heterocycles. The van der Waals surface area contributed by atoms with Gasteiger partial charge in [-0.15, -0.1) is 0 Å². The topological polar surface area (TPSA) is 49.9 Å². The molecule has 0 bridgehead atoms. The third-order valence-corrected chi connectivity index (χ3v) is 5.76. The lowest BCUT2D eigenvalue weighted by molar-refractivity contribution is -0.0693. The summed E-state index contributed by atoms with van der Waals surface area (Å²) >= 11 is 0. The van der Waals surface area contributed by atoms with Gasteiger partial charge in [0.2, 0.25) is 0 Å². The molecular formula is C16H32N2O3S. The summed E-state index contributed by atoms with van der Waals surface area (Å²) in [6.07, 6.45) is 5.70. The van der Waals surface area contributed by atoms with Crippen molar-refractivity contribution in [3.8, 4) is 0 Å². The van der Waals surface area contributed by atoms with Crippen LogP contribution in [0.15, 0.2) is 0 Å². The fourth-order valence-electron chi connectivity index (χ4n) is 3.63. The van der Waals surface area contributed by atoms with Crippen LogP contribution in [0.2, 0.25) is 0 Å². The Morgan fingerprint density at radius 3 is 2.14 bits per heavy atom. The van der Waals surface area contributed by atoms with Gasteiger partial charge in [0.25, 0.3) is 0 Å². The number of nitrogens with zero attached hydrogens (tertiary/aromatic N) is 2. The molecule has 0 aromatic carbocycles. The van der Waals surface area contributed by atoms with Crippen molar-refractivity contribution in [3.05, 3.63) is 0 Å². The SMILES string of the molecule is CC1CN(CCC2CCN(CCS(C)(=O)=O)CC2)CC(C)O1. The van der Waals surface area contributed by atoms with Crippen molar-refractivity contribution in [2.75, 3.05) is 51.3 Å². The lowest BCUT2D eigenvalue weighted by Crippen LogP contribution is -2.46. The van der Waals surface area contributed by atoms with Crippen molar-refractivity contribution in [3.63, 3.8) is 0 Å². The molecule has 0 N–H and O–H groups in total. The molecule has 0 radical (unpaired) electrons. The van der Waals surface area contributed by atoms with Crippen LogP contribution in [0, 0.1) is 5.92 Å². The fraction of sp³-hybridized carbons (Fsp3) is 1.00. The summed E-state index contributed by atoms with van der Waals surface area (Å²) < 4.78 is 28.2. The minimum Gasteiger partial charge on any atom is -0.373 e. The Bertz CT molecular complexity index is 423. The molecule has 2 fully saturated rings. The van der Waals surface area contributed by atoms with Crippen LogP contribution in [0.1, 0.15) is 33.1 Å². The average Bonchev–Trinajstić information content (AvgIpc) is 2.42. The standard InChI is InChI=1S/C16H32N2O3S/c1-14-12-18(13-15(2)21-14)9-6-16-4-7-17(8-5-16)10-11-22(3,19)20/h14-16H,4-13H2,1-3H3. The molecule has 2 aliphatic rings. The molecule has 2 saturated heterocycles. The molecule has 2 unspecified atom stereocenters. The molecule has 2 atom stereocenters. The largest absolute Gasteiger partial charge is 0.373 e. The number of piperidine rings is 1. The van der Waals surface area contributed by atoms with E-state index < -0.39 is 9.84 Å². The Labute approximate surface area is 135 Å². The molecular weight excluding hydrogens is 300 g/mol. The zero-order valence-corrected chi connectivity index (χ0v) is 15.1. The van der Waals surface area contributed by atoms with Gasteiger partial charge in [-0.25, -0.2) is 8.42 Å². The van der Waals surface area contributed by atoms with E-state index in [0.717, 1.165) is 32.1 Å². The normalized spacial score (nSPS) is 29.8. The van der Waals surface area contributed by atoms with Crippen LogP contribution in [0.3, 0.4) is 0 Å². The molecule has 130 valence electrons. The van der Waals surface area contributed by atoms with Crippen LogP contribution in [-0.2, 0) is 14.6 Å². The Hall–Kier alpha value is -0.170. The molecule has 2 heterocycles. The summed E-state index contributed by atoms with van der Waals surface area (Å²) in [5.74, 6) is 1.09. The van der Waals surface area contributed by atoms with Crippen LogP contribution in [-0.4, -0.2) is 81.7 Å². The number of ether oxygens (including phenoxy) is 1. The van der Waals surface area contributed by atoms with Gasteiger partial charge in [-0.3, -0.25) is 4.90 Å². The second kappa shape index (κ2) is 8.08. The molecule has 6 heteroatoms. The van der Waals surface area contributed by atoms with Crippen molar-refractivity contribution in [1.82, 2.24) is 9.80 Å². The number of hydrogen-bond acceptors (Lipinski definition) is 5. The zero-order valence-electron chi connectivity index (χ0n) is 14.3. The van der Waals surface area contributed by atoms with Gasteiger partial charge in [-0.1, -0.05) is 0 Å². The van der Waals surface area contributed by atoms with E-state index in [4.69, 9.17) is 4.74 Å². The number of likely N-dealkylation sites (tertiary alicyclic amines) is 1. The lowest BCUT2D eigenvalue weighted by atomic mass is 9.93. The predicted octanol–water partition coefficient (Wildman–Crippen LogP) is 1.24. The first-order valence-electron chi connectivity index (χ1n) is 8.59. The minimum atomic E-state index is -2.83.